The van der Waals surface area contributed by atoms with Gasteiger partial charge in [0.2, 0.25) is 6.41 Å². The molecular weight excluding hydrogens is 559 g/mol. The van der Waals surface area contributed by atoms with E-state index in [0.29, 0.717) is 6.41 Å². The van der Waals surface area contributed by atoms with E-state index in [-0.39, 0.29) is 53.2 Å². The molecule has 2 amide bonds. The van der Waals surface area contributed by atoms with Gasteiger partial charge >= 0.3 is 6.18 Å². The van der Waals surface area contributed by atoms with Gasteiger partial charge in [0.1, 0.15) is 11.3 Å². The Morgan fingerprint density at radius 2 is 1.88 bits per heavy atom. The summed E-state index contributed by atoms with van der Waals surface area (Å²) in [6.07, 6.45) is 3.71. The number of furan rings is 1. The quantitative estimate of drug-likeness (QED) is 0.200. The van der Waals surface area contributed by atoms with E-state index < -0.39 is 36.4 Å². The summed E-state index contributed by atoms with van der Waals surface area (Å²) in [7, 11) is 0. The third-order valence-corrected chi connectivity index (χ3v) is 6.46. The van der Waals surface area contributed by atoms with Crippen LogP contribution in [0.25, 0.3) is 28.3 Å². The summed E-state index contributed by atoms with van der Waals surface area (Å²) < 4.78 is 72.9. The summed E-state index contributed by atoms with van der Waals surface area (Å²) in [6, 6.07) is 10.5. The lowest BCUT2D eigenvalue weighted by atomic mass is 10.0. The Balaban J connectivity index is 0.000000385. The third kappa shape index (κ3) is 7.56. The number of likely N-dealkylation sites (tertiary alicyclic amines) is 1. The molecule has 1 N–H and O–H groups in total. The number of rotatable bonds is 6. The predicted octanol–water partition coefficient (Wildman–Crippen LogP) is 6.75. The van der Waals surface area contributed by atoms with Crippen LogP contribution in [-0.4, -0.2) is 46.2 Å². The number of alkyl halides is 5. The number of piperidine rings is 1. The van der Waals surface area contributed by atoms with Gasteiger partial charge in [-0.2, -0.15) is 13.2 Å². The van der Waals surface area contributed by atoms with Gasteiger partial charge in [-0.15, -0.1) is 0 Å². The maximum absolute atomic E-state index is 13.6. The van der Waals surface area contributed by atoms with Crippen molar-refractivity contribution in [2.45, 2.75) is 38.4 Å². The molecule has 0 spiro atoms. The second kappa shape index (κ2) is 12.9. The molecule has 1 aliphatic rings. The van der Waals surface area contributed by atoms with Crippen molar-refractivity contribution in [2.24, 2.45) is 0 Å². The molecule has 0 saturated carbocycles. The largest absolute Gasteiger partial charge is 0.459 e. The fourth-order valence-corrected chi connectivity index (χ4v) is 4.37. The van der Waals surface area contributed by atoms with E-state index in [4.69, 9.17) is 4.42 Å². The number of hydrogen-bond donors (Lipinski definition) is 1. The highest BCUT2D eigenvalue weighted by Gasteiger charge is 2.36. The van der Waals surface area contributed by atoms with E-state index in [9.17, 15) is 31.5 Å². The number of carbonyl (C=O) groups excluding carboxylic acids is 2. The van der Waals surface area contributed by atoms with E-state index in [1.54, 1.807) is 6.20 Å². The van der Waals surface area contributed by atoms with Crippen LogP contribution in [0.3, 0.4) is 0 Å². The van der Waals surface area contributed by atoms with Crippen LogP contribution in [0.1, 0.15) is 47.0 Å². The zero-order valence-corrected chi connectivity index (χ0v) is 22.5. The van der Waals surface area contributed by atoms with Crippen LogP contribution in [-0.2, 0) is 17.5 Å². The first-order valence-electron chi connectivity index (χ1n) is 13.0. The van der Waals surface area contributed by atoms with Gasteiger partial charge in [-0.3, -0.25) is 19.6 Å². The topological polar surface area (TPSA) is 88.3 Å². The second-order valence-corrected chi connectivity index (χ2v) is 9.52. The normalized spacial score (nSPS) is 14.9. The van der Waals surface area contributed by atoms with E-state index in [1.807, 2.05) is 37.4 Å². The summed E-state index contributed by atoms with van der Waals surface area (Å²) in [5.74, 6) is -3.09. The zero-order chi connectivity index (χ0) is 30.3. The average molecular weight is 587 g/mol. The Labute approximate surface area is 238 Å². The minimum Gasteiger partial charge on any atom is -0.459 e. The molecule has 0 bridgehead atoms. The zero-order valence-electron chi connectivity index (χ0n) is 22.5. The first-order chi connectivity index (χ1) is 20.0. The molecule has 12 heteroatoms. The molecule has 1 fully saturated rings. The molecule has 4 aromatic rings. The lowest BCUT2D eigenvalue weighted by molar-refractivity contribution is -0.136. The highest BCUT2D eigenvalue weighted by Crippen LogP contribution is 2.39. The molecule has 1 saturated heterocycles. The molecule has 4 heterocycles. The van der Waals surface area contributed by atoms with Crippen molar-refractivity contribution in [1.82, 2.24) is 20.2 Å². The first kappa shape index (κ1) is 30.4. The molecule has 5 rings (SSSR count). The number of benzene rings is 1. The van der Waals surface area contributed by atoms with Gasteiger partial charge < -0.3 is 14.6 Å². The predicted molar refractivity (Wildman–Crippen MR) is 146 cm³/mol. The fraction of sp³-hybridized carbons (Fsp3) is 0.267. The number of nitrogens with one attached hydrogen (secondary N) is 1. The number of halogens is 5. The number of pyridine rings is 2. The fourth-order valence-electron chi connectivity index (χ4n) is 4.37. The van der Waals surface area contributed by atoms with Crippen LogP contribution in [0.4, 0.5) is 22.0 Å². The average Bonchev–Trinajstić information content (AvgIpc) is 3.39. The first-order valence-corrected chi connectivity index (χ1v) is 13.0. The molecule has 0 atom stereocenters. The Bertz CT molecular complexity index is 1540. The number of carbonyl (C=O) groups is 2. The van der Waals surface area contributed by atoms with Crippen LogP contribution < -0.4 is 5.32 Å². The summed E-state index contributed by atoms with van der Waals surface area (Å²) in [4.78, 5) is 32.4. The highest BCUT2D eigenvalue weighted by molar-refractivity contribution is 5.94. The van der Waals surface area contributed by atoms with Gasteiger partial charge in [0, 0.05) is 55.5 Å². The van der Waals surface area contributed by atoms with Crippen molar-refractivity contribution in [3.63, 3.8) is 0 Å². The van der Waals surface area contributed by atoms with Crippen molar-refractivity contribution in [3.8, 4) is 11.3 Å². The van der Waals surface area contributed by atoms with E-state index >= 15 is 0 Å². The van der Waals surface area contributed by atoms with Crippen LogP contribution in [0.2, 0.25) is 0 Å². The van der Waals surface area contributed by atoms with E-state index in [1.165, 1.54) is 35.4 Å². The van der Waals surface area contributed by atoms with Crippen LogP contribution in [0.15, 0.2) is 71.5 Å². The van der Waals surface area contributed by atoms with Gasteiger partial charge in [0.25, 0.3) is 11.8 Å². The number of amides is 2. The standard InChI is InChI=1S/C22H18F5N3O3.C8H9N/c23-21(24)3-5-30(6-4-21)20(32)13-1-2-18(29-10-13)14-7-15-8-16(11-28-12-31)33-19(15)17(9-14)22(25,26)27;1-2-4-8-5-3-6-9-7-8/h1-2,7-10,12H,3-6,11H2,(H,28,31);2-7H,1H3/b;4-2+. The maximum atomic E-state index is 13.6. The minimum absolute atomic E-state index is 0.0672. The van der Waals surface area contributed by atoms with Crippen LogP contribution >= 0.6 is 0 Å². The van der Waals surface area contributed by atoms with Gasteiger partial charge in [-0.25, -0.2) is 8.78 Å². The Morgan fingerprint density at radius 3 is 2.48 bits per heavy atom. The third-order valence-electron chi connectivity index (χ3n) is 6.46. The second-order valence-electron chi connectivity index (χ2n) is 9.52. The molecule has 0 aliphatic carbocycles. The van der Waals surface area contributed by atoms with Crippen molar-refractivity contribution in [3.05, 3.63) is 89.6 Å². The van der Waals surface area contributed by atoms with Gasteiger partial charge in [0.15, 0.2) is 0 Å². The van der Waals surface area contributed by atoms with Gasteiger partial charge in [-0.05, 0) is 48.9 Å². The number of hydrogen-bond acceptors (Lipinski definition) is 5. The molecule has 7 nitrogen and oxygen atoms in total. The molecule has 3 aromatic heterocycles. The number of aromatic nitrogens is 2. The molecular formula is C30H27F5N4O3. The van der Waals surface area contributed by atoms with Gasteiger partial charge in [-0.1, -0.05) is 18.2 Å². The van der Waals surface area contributed by atoms with Crippen molar-refractivity contribution in [2.75, 3.05) is 13.1 Å². The highest BCUT2D eigenvalue weighted by atomic mass is 19.4. The minimum atomic E-state index is -4.70. The Kier molecular flexibility index (Phi) is 9.34. The van der Waals surface area contributed by atoms with Crippen molar-refractivity contribution in [1.29, 1.82) is 0 Å². The van der Waals surface area contributed by atoms with Crippen LogP contribution in [0, 0.1) is 0 Å². The number of fused-ring (bicyclic) bond motifs is 1. The molecule has 1 aliphatic heterocycles. The van der Waals surface area contributed by atoms with E-state index in [0.717, 1.165) is 11.6 Å². The molecule has 220 valence electrons. The molecule has 1 aromatic carbocycles. The number of allylic oxidation sites excluding steroid dienone is 1. The van der Waals surface area contributed by atoms with Gasteiger partial charge in [0.05, 0.1) is 23.4 Å². The summed E-state index contributed by atoms with van der Waals surface area (Å²) in [5.41, 5.74) is 0.304. The van der Waals surface area contributed by atoms with Crippen molar-refractivity contribution >= 4 is 29.4 Å². The summed E-state index contributed by atoms with van der Waals surface area (Å²) in [6.45, 7) is 1.76. The maximum Gasteiger partial charge on any atom is 0.420 e. The number of nitrogens with zero attached hydrogens (tertiary/aromatic N) is 3. The lowest BCUT2D eigenvalue weighted by Gasteiger charge is -2.31. The summed E-state index contributed by atoms with van der Waals surface area (Å²) in [5, 5.41) is 2.51. The molecule has 0 radical (unpaired) electrons. The smallest absolute Gasteiger partial charge is 0.420 e. The summed E-state index contributed by atoms with van der Waals surface area (Å²) >= 11 is 0. The van der Waals surface area contributed by atoms with Crippen molar-refractivity contribution < 1.29 is 36.0 Å². The van der Waals surface area contributed by atoms with E-state index in [2.05, 4.69) is 15.3 Å². The SMILES string of the molecule is C/C=C/c1cccnc1.O=CNCc1cc2cc(-c3ccc(C(=O)N4CCC(F)(F)CC4)cn3)cc(C(F)(F)F)c2o1. The van der Waals surface area contributed by atoms with Crippen LogP contribution in [0.5, 0.6) is 0 Å². The molecule has 42 heavy (non-hydrogen) atoms. The Morgan fingerprint density at radius 1 is 1.12 bits per heavy atom. The monoisotopic (exact) mass is 586 g/mol. The molecule has 0 unspecified atom stereocenters. The Hall–Kier alpha value is -4.61. The lowest BCUT2D eigenvalue weighted by Crippen LogP contribution is -2.42.